The van der Waals surface area contributed by atoms with E-state index in [1.807, 2.05) is 55.4 Å². The van der Waals surface area contributed by atoms with Crippen molar-refractivity contribution in [2.24, 2.45) is 0 Å². The van der Waals surface area contributed by atoms with Crippen molar-refractivity contribution in [2.75, 3.05) is 35.9 Å². The molecule has 8 nitrogen and oxygen atoms in total. The monoisotopic (exact) mass is 421 g/mol. The van der Waals surface area contributed by atoms with Crippen LogP contribution in [-0.4, -0.2) is 36.5 Å². The molecule has 9 heteroatoms. The van der Waals surface area contributed by atoms with Gasteiger partial charge in [0.05, 0.1) is 23.6 Å². The van der Waals surface area contributed by atoms with Crippen LogP contribution in [0, 0.1) is 18.8 Å². The molecule has 0 saturated carbocycles. The zero-order valence-corrected chi connectivity index (χ0v) is 17.6. The van der Waals surface area contributed by atoms with Gasteiger partial charge in [-0.15, -0.1) is 5.53 Å². The molecule has 3 aromatic rings. The fourth-order valence-corrected chi connectivity index (χ4v) is 3.37. The van der Waals surface area contributed by atoms with Gasteiger partial charge in [-0.3, -0.25) is 14.8 Å². The number of hydrogen-bond donors (Lipinski definition) is 4. The van der Waals surface area contributed by atoms with Crippen molar-refractivity contribution < 1.29 is 4.79 Å². The molecule has 1 amide bonds. The predicted molar refractivity (Wildman–Crippen MR) is 121 cm³/mol. The first-order valence-electron chi connectivity index (χ1n) is 9.33. The molecular formula is C21H23N7OS. The zero-order chi connectivity index (χ0) is 21.2. The minimum Gasteiger partial charge on any atom is -0.365 e. The lowest BCUT2D eigenvalue weighted by molar-refractivity contribution is -0.109. The van der Waals surface area contributed by atoms with E-state index in [2.05, 4.69) is 43.4 Å². The van der Waals surface area contributed by atoms with E-state index >= 15 is 0 Å². The van der Waals surface area contributed by atoms with E-state index in [0.29, 0.717) is 13.0 Å². The number of carbonyl (C=O) groups is 1. The van der Waals surface area contributed by atoms with Crippen LogP contribution in [0.25, 0.3) is 0 Å². The highest BCUT2D eigenvalue weighted by Crippen LogP contribution is 2.27. The topological polar surface area (TPSA) is 94.2 Å². The lowest BCUT2D eigenvalue weighted by atomic mass is 10.2. The van der Waals surface area contributed by atoms with Gasteiger partial charge in [-0.1, -0.05) is 29.4 Å². The molecule has 30 heavy (non-hydrogen) atoms. The molecule has 4 N–H and O–H groups in total. The molecule has 0 fully saturated rings. The molecule has 0 atom stereocenters. The Morgan fingerprint density at radius 1 is 1.20 bits per heavy atom. The Kier molecular flexibility index (Phi) is 7.60. The molecule has 4 rings (SSSR count). The molecule has 0 spiro atoms. The minimum atomic E-state index is 0.618. The number of para-hydroxylation sites is 2. The number of hydrogen-bond acceptors (Lipinski definition) is 8. The summed E-state index contributed by atoms with van der Waals surface area (Å²) < 4.78 is 0. The van der Waals surface area contributed by atoms with Crippen LogP contribution in [0.3, 0.4) is 0 Å². The smallest absolute Gasteiger partial charge is 0.207 e. The summed E-state index contributed by atoms with van der Waals surface area (Å²) in [5, 5.41) is 8.48. The Bertz CT molecular complexity index is 1030. The maximum absolute atomic E-state index is 10.1. The van der Waals surface area contributed by atoms with E-state index in [4.69, 9.17) is 0 Å². The summed E-state index contributed by atoms with van der Waals surface area (Å²) in [7, 11) is 1.86. The Hall–Kier alpha value is -3.61. The minimum absolute atomic E-state index is 0.618. The van der Waals surface area contributed by atoms with E-state index < -0.39 is 0 Å². The van der Waals surface area contributed by atoms with Crippen molar-refractivity contribution in [1.29, 1.82) is 0 Å². The maximum atomic E-state index is 10.1. The highest BCUT2D eigenvalue weighted by Gasteiger charge is 2.16. The molecular weight excluding hydrogens is 398 g/mol. The standard InChI is InChI=1S/C12H11N3S.C9H12N4O/c1-9-11(16-12(13-2)15-9)4-3-10-5-7-14-8-6-10;14-7-10-5-6-13-9-4-2-1-3-8(9)11-12-13/h5-8H,1-2H3,(H,13,15);1-4,7,11-12H,5-6H2,(H,10,14). The van der Waals surface area contributed by atoms with Gasteiger partial charge in [0.1, 0.15) is 4.88 Å². The van der Waals surface area contributed by atoms with Crippen molar-refractivity contribution in [3.8, 4) is 11.8 Å². The summed E-state index contributed by atoms with van der Waals surface area (Å²) in [4.78, 5) is 19.3. The van der Waals surface area contributed by atoms with Crippen LogP contribution in [-0.2, 0) is 4.79 Å². The van der Waals surface area contributed by atoms with Crippen LogP contribution in [0.1, 0.15) is 16.1 Å². The van der Waals surface area contributed by atoms with Crippen LogP contribution in [0.5, 0.6) is 0 Å². The number of aryl methyl sites for hydroxylation is 1. The third-order valence-corrected chi connectivity index (χ3v) is 5.18. The number of carbonyl (C=O) groups excluding carboxylic acids is 1. The van der Waals surface area contributed by atoms with E-state index in [1.165, 1.54) is 0 Å². The molecule has 0 unspecified atom stereocenters. The molecule has 1 aliphatic heterocycles. The van der Waals surface area contributed by atoms with Gasteiger partial charge < -0.3 is 16.1 Å². The Morgan fingerprint density at radius 3 is 2.73 bits per heavy atom. The number of aromatic nitrogens is 2. The number of hydrazine groups is 2. The highest BCUT2D eigenvalue weighted by atomic mass is 32.1. The average molecular weight is 422 g/mol. The SMILES string of the molecule is CNc1nc(C)c(C#Cc2ccncc2)s1.O=CNCCN1NNc2ccccc21. The molecule has 0 aliphatic carbocycles. The number of nitrogens with one attached hydrogen (secondary N) is 4. The number of benzene rings is 1. The second-order valence-corrected chi connectivity index (χ2v) is 7.15. The third-order valence-electron chi connectivity index (χ3n) is 4.09. The number of thiazole rings is 1. The van der Waals surface area contributed by atoms with Crippen LogP contribution < -0.4 is 26.6 Å². The summed E-state index contributed by atoms with van der Waals surface area (Å²) >= 11 is 1.57. The summed E-state index contributed by atoms with van der Waals surface area (Å²) in [6.07, 6.45) is 4.18. The molecule has 154 valence electrons. The molecule has 1 aliphatic rings. The third kappa shape index (κ3) is 5.70. The van der Waals surface area contributed by atoms with E-state index in [-0.39, 0.29) is 0 Å². The van der Waals surface area contributed by atoms with E-state index in [9.17, 15) is 4.79 Å². The van der Waals surface area contributed by atoms with Gasteiger partial charge in [0.25, 0.3) is 0 Å². The molecule has 1 aromatic carbocycles. The van der Waals surface area contributed by atoms with Gasteiger partial charge >= 0.3 is 0 Å². The van der Waals surface area contributed by atoms with Crippen molar-refractivity contribution in [3.63, 3.8) is 0 Å². The first kappa shape index (κ1) is 21.1. The molecule has 0 radical (unpaired) electrons. The summed E-state index contributed by atoms with van der Waals surface area (Å²) in [6.45, 7) is 3.31. The van der Waals surface area contributed by atoms with Gasteiger partial charge in [-0.2, -0.15) is 0 Å². The molecule has 2 aromatic heterocycles. The second-order valence-electron chi connectivity index (χ2n) is 6.15. The van der Waals surface area contributed by atoms with Gasteiger partial charge in [0.2, 0.25) is 6.41 Å². The van der Waals surface area contributed by atoms with Gasteiger partial charge in [-0.25, -0.2) is 4.98 Å². The van der Waals surface area contributed by atoms with Crippen LogP contribution >= 0.6 is 11.3 Å². The molecule has 0 saturated heterocycles. The lowest BCUT2D eigenvalue weighted by Gasteiger charge is -2.16. The summed E-state index contributed by atoms with van der Waals surface area (Å²) in [5.41, 5.74) is 10.1. The summed E-state index contributed by atoms with van der Waals surface area (Å²) in [5.74, 6) is 6.21. The number of amides is 1. The number of anilines is 3. The van der Waals surface area contributed by atoms with Crippen molar-refractivity contribution >= 4 is 34.3 Å². The number of nitrogens with zero attached hydrogens (tertiary/aromatic N) is 3. The van der Waals surface area contributed by atoms with Gasteiger partial charge in [-0.05, 0) is 37.1 Å². The van der Waals surface area contributed by atoms with Crippen LogP contribution in [0.15, 0.2) is 48.8 Å². The first-order valence-corrected chi connectivity index (χ1v) is 10.2. The van der Waals surface area contributed by atoms with Crippen LogP contribution in [0.4, 0.5) is 16.5 Å². The first-order chi connectivity index (χ1) is 14.7. The van der Waals surface area contributed by atoms with Crippen LogP contribution in [0.2, 0.25) is 0 Å². The zero-order valence-electron chi connectivity index (χ0n) is 16.8. The largest absolute Gasteiger partial charge is 0.365 e. The normalized spacial score (nSPS) is 11.2. The lowest BCUT2D eigenvalue weighted by Crippen LogP contribution is -2.40. The Labute approximate surface area is 179 Å². The fraction of sp³-hybridized carbons (Fsp3) is 0.190. The fourth-order valence-electron chi connectivity index (χ4n) is 2.60. The van der Waals surface area contributed by atoms with E-state index in [0.717, 1.165) is 39.2 Å². The second kappa shape index (κ2) is 10.8. The predicted octanol–water partition coefficient (Wildman–Crippen LogP) is 2.37. The van der Waals surface area contributed by atoms with Crippen molar-refractivity contribution in [1.82, 2.24) is 20.8 Å². The number of pyridine rings is 1. The Balaban J connectivity index is 0.000000172. The molecule has 0 bridgehead atoms. The summed E-state index contributed by atoms with van der Waals surface area (Å²) in [6, 6.07) is 11.7. The quantitative estimate of drug-likeness (QED) is 0.285. The van der Waals surface area contributed by atoms with E-state index in [1.54, 1.807) is 23.7 Å². The highest BCUT2D eigenvalue weighted by molar-refractivity contribution is 7.16. The number of rotatable bonds is 5. The maximum Gasteiger partial charge on any atom is 0.207 e. The number of fused-ring (bicyclic) bond motifs is 1. The van der Waals surface area contributed by atoms with Gasteiger partial charge in [0, 0.05) is 31.5 Å². The Morgan fingerprint density at radius 2 is 2.00 bits per heavy atom. The average Bonchev–Trinajstić information content (AvgIpc) is 3.37. The van der Waals surface area contributed by atoms with Crippen molar-refractivity contribution in [2.45, 2.75) is 6.92 Å². The van der Waals surface area contributed by atoms with Gasteiger partial charge in [0.15, 0.2) is 5.13 Å². The van der Waals surface area contributed by atoms with Crippen molar-refractivity contribution in [3.05, 3.63) is 64.9 Å². The molecule has 3 heterocycles.